The molecule has 0 amide bonds. The van der Waals surface area contributed by atoms with E-state index in [1.54, 1.807) is 0 Å². The molecule has 8 heavy (non-hydrogen) atoms. The van der Waals surface area contributed by atoms with Gasteiger partial charge >= 0.3 is 0 Å². The zero-order valence-corrected chi connectivity index (χ0v) is 5.89. The van der Waals surface area contributed by atoms with Crippen LogP contribution in [-0.2, 0) is 0 Å². The predicted octanol–water partition coefficient (Wildman–Crippen LogP) is 1.50. The van der Waals surface area contributed by atoms with Crippen molar-refractivity contribution in [3.63, 3.8) is 0 Å². The maximum atomic E-state index is 8.96. The van der Waals surface area contributed by atoms with Gasteiger partial charge in [0.25, 0.3) is 0 Å². The second-order valence-corrected chi connectivity index (χ2v) is 2.26. The zero-order valence-electron chi connectivity index (χ0n) is 5.89. The minimum Gasteiger partial charge on any atom is -0.314 e. The summed E-state index contributed by atoms with van der Waals surface area (Å²) >= 11 is 0. The highest BCUT2D eigenvalue weighted by atomic mass is 16.5. The molecular formula is C6H15NO. The van der Waals surface area contributed by atoms with Gasteiger partial charge in [-0.1, -0.05) is 6.92 Å². The maximum absolute atomic E-state index is 8.96. The SMILES string of the molecule is CCCN(O)C(C)C. The Hall–Kier alpha value is -0.0800. The van der Waals surface area contributed by atoms with Gasteiger partial charge in [0.05, 0.1) is 0 Å². The normalized spacial score (nSPS) is 11.2. The molecule has 0 atom stereocenters. The first kappa shape index (κ1) is 7.92. The molecule has 0 aromatic rings. The first-order valence-corrected chi connectivity index (χ1v) is 3.14. The third-order valence-electron chi connectivity index (χ3n) is 1.05. The number of hydroxylamine groups is 2. The van der Waals surface area contributed by atoms with Crippen LogP contribution in [0.3, 0.4) is 0 Å². The lowest BCUT2D eigenvalue weighted by molar-refractivity contribution is -0.116. The standard InChI is InChI=1S/C6H15NO/c1-4-5-7(8)6(2)3/h6,8H,4-5H2,1-3H3. The van der Waals surface area contributed by atoms with Gasteiger partial charge in [-0.05, 0) is 20.3 Å². The lowest BCUT2D eigenvalue weighted by Crippen LogP contribution is -2.27. The summed E-state index contributed by atoms with van der Waals surface area (Å²) in [5, 5.41) is 10.3. The molecule has 1 N–H and O–H groups in total. The lowest BCUT2D eigenvalue weighted by atomic mass is 10.3. The Labute approximate surface area is 51.1 Å². The van der Waals surface area contributed by atoms with Gasteiger partial charge in [-0.2, -0.15) is 5.06 Å². The van der Waals surface area contributed by atoms with Gasteiger partial charge in [0.2, 0.25) is 0 Å². The fraction of sp³-hybridized carbons (Fsp3) is 1.00. The van der Waals surface area contributed by atoms with Crippen molar-refractivity contribution in [1.82, 2.24) is 5.06 Å². The molecule has 2 nitrogen and oxygen atoms in total. The first-order chi connectivity index (χ1) is 3.68. The lowest BCUT2D eigenvalue weighted by Gasteiger charge is -2.16. The number of rotatable bonds is 3. The van der Waals surface area contributed by atoms with Crippen LogP contribution in [0.25, 0.3) is 0 Å². The second kappa shape index (κ2) is 3.87. The van der Waals surface area contributed by atoms with Crippen molar-refractivity contribution in [3.05, 3.63) is 0 Å². The van der Waals surface area contributed by atoms with E-state index in [1.807, 2.05) is 20.8 Å². The molecule has 0 unspecified atom stereocenters. The quantitative estimate of drug-likeness (QED) is 0.566. The molecule has 0 rings (SSSR count). The van der Waals surface area contributed by atoms with Crippen molar-refractivity contribution in [3.8, 4) is 0 Å². The first-order valence-electron chi connectivity index (χ1n) is 3.14. The van der Waals surface area contributed by atoms with E-state index in [4.69, 9.17) is 5.21 Å². The van der Waals surface area contributed by atoms with Crippen LogP contribution in [0.5, 0.6) is 0 Å². The number of hydrogen-bond donors (Lipinski definition) is 1. The summed E-state index contributed by atoms with van der Waals surface area (Å²) in [6.45, 7) is 6.76. The van der Waals surface area contributed by atoms with Gasteiger partial charge in [-0.25, -0.2) is 0 Å². The topological polar surface area (TPSA) is 23.5 Å². The van der Waals surface area contributed by atoms with Crippen LogP contribution < -0.4 is 0 Å². The molecule has 0 aliphatic heterocycles. The molecular weight excluding hydrogens is 102 g/mol. The van der Waals surface area contributed by atoms with Crippen molar-refractivity contribution < 1.29 is 5.21 Å². The third-order valence-corrected chi connectivity index (χ3v) is 1.05. The van der Waals surface area contributed by atoms with E-state index in [9.17, 15) is 0 Å². The largest absolute Gasteiger partial charge is 0.314 e. The molecule has 0 spiro atoms. The van der Waals surface area contributed by atoms with Gasteiger partial charge in [0.15, 0.2) is 0 Å². The van der Waals surface area contributed by atoms with Gasteiger partial charge < -0.3 is 5.21 Å². The minimum atomic E-state index is 0.259. The highest BCUT2D eigenvalue weighted by molar-refractivity contribution is 4.47. The minimum absolute atomic E-state index is 0.259. The summed E-state index contributed by atoms with van der Waals surface area (Å²) in [7, 11) is 0. The summed E-state index contributed by atoms with van der Waals surface area (Å²) in [6.07, 6.45) is 1.01. The highest BCUT2D eigenvalue weighted by Crippen LogP contribution is 1.92. The van der Waals surface area contributed by atoms with E-state index in [2.05, 4.69) is 0 Å². The van der Waals surface area contributed by atoms with Crippen LogP contribution in [-0.4, -0.2) is 22.9 Å². The monoisotopic (exact) mass is 117 g/mol. The molecule has 0 aromatic heterocycles. The molecule has 50 valence electrons. The van der Waals surface area contributed by atoms with Crippen LogP contribution in [0.4, 0.5) is 0 Å². The summed E-state index contributed by atoms with van der Waals surface area (Å²) in [5.74, 6) is 0. The molecule has 0 bridgehead atoms. The molecule has 0 fully saturated rings. The zero-order chi connectivity index (χ0) is 6.57. The van der Waals surface area contributed by atoms with Crippen LogP contribution in [0.2, 0.25) is 0 Å². The number of nitrogens with zero attached hydrogens (tertiary/aromatic N) is 1. The Morgan fingerprint density at radius 2 is 2.00 bits per heavy atom. The fourth-order valence-corrected chi connectivity index (χ4v) is 0.487. The molecule has 0 aliphatic carbocycles. The summed E-state index contributed by atoms with van der Waals surface area (Å²) < 4.78 is 0. The average molecular weight is 117 g/mol. The van der Waals surface area contributed by atoms with Crippen molar-refractivity contribution in [2.75, 3.05) is 6.54 Å². The smallest absolute Gasteiger partial charge is 0.0293 e. The summed E-state index contributed by atoms with van der Waals surface area (Å²) in [5.41, 5.74) is 0. The fourth-order valence-electron chi connectivity index (χ4n) is 0.487. The van der Waals surface area contributed by atoms with E-state index in [0.717, 1.165) is 13.0 Å². The Bertz CT molecular complexity index is 54.5. The Kier molecular flexibility index (Phi) is 3.83. The Balaban J connectivity index is 3.17. The van der Waals surface area contributed by atoms with Crippen molar-refractivity contribution in [1.29, 1.82) is 0 Å². The molecule has 0 aliphatic rings. The summed E-state index contributed by atoms with van der Waals surface area (Å²) in [6, 6.07) is 0.259. The Morgan fingerprint density at radius 3 is 2.12 bits per heavy atom. The predicted molar refractivity (Wildman–Crippen MR) is 33.9 cm³/mol. The van der Waals surface area contributed by atoms with Gasteiger partial charge in [-0.3, -0.25) is 0 Å². The third kappa shape index (κ3) is 2.99. The van der Waals surface area contributed by atoms with E-state index < -0.39 is 0 Å². The molecule has 0 saturated carbocycles. The van der Waals surface area contributed by atoms with Gasteiger partial charge in [0, 0.05) is 12.6 Å². The molecule has 0 aromatic carbocycles. The van der Waals surface area contributed by atoms with Crippen molar-refractivity contribution in [2.45, 2.75) is 33.2 Å². The van der Waals surface area contributed by atoms with Gasteiger partial charge in [-0.15, -0.1) is 0 Å². The van der Waals surface area contributed by atoms with E-state index >= 15 is 0 Å². The summed E-state index contributed by atoms with van der Waals surface area (Å²) in [4.78, 5) is 0. The highest BCUT2D eigenvalue weighted by Gasteiger charge is 2.00. The maximum Gasteiger partial charge on any atom is 0.0293 e. The van der Waals surface area contributed by atoms with Gasteiger partial charge in [0.1, 0.15) is 0 Å². The number of hydrogen-bond acceptors (Lipinski definition) is 2. The second-order valence-electron chi connectivity index (χ2n) is 2.26. The van der Waals surface area contributed by atoms with E-state index in [-0.39, 0.29) is 6.04 Å². The van der Waals surface area contributed by atoms with Crippen LogP contribution in [0.15, 0.2) is 0 Å². The van der Waals surface area contributed by atoms with E-state index in [1.165, 1.54) is 5.06 Å². The average Bonchev–Trinajstić information content (AvgIpc) is 1.67. The molecule has 0 heterocycles. The molecule has 2 heteroatoms. The van der Waals surface area contributed by atoms with Crippen LogP contribution in [0, 0.1) is 0 Å². The van der Waals surface area contributed by atoms with Crippen molar-refractivity contribution >= 4 is 0 Å². The van der Waals surface area contributed by atoms with Crippen molar-refractivity contribution in [2.24, 2.45) is 0 Å². The van der Waals surface area contributed by atoms with E-state index in [0.29, 0.717) is 0 Å². The van der Waals surface area contributed by atoms with Crippen LogP contribution in [0.1, 0.15) is 27.2 Å². The molecule has 0 radical (unpaired) electrons. The van der Waals surface area contributed by atoms with Crippen LogP contribution >= 0.6 is 0 Å². The Morgan fingerprint density at radius 1 is 1.50 bits per heavy atom. The molecule has 0 saturated heterocycles.